The standard InChI is InChI=1S/C13H15N3O4S/c1-10(9-16-8-2-7-14-16)15-21(19,20)12-5-3-11(4-6-12)13(17)18/h2-8,10,15H,9H2,1H3,(H,17,18). The van der Waals surface area contributed by atoms with Gasteiger partial charge in [0.15, 0.2) is 0 Å². The molecule has 1 atom stereocenters. The highest BCUT2D eigenvalue weighted by Gasteiger charge is 2.18. The lowest BCUT2D eigenvalue weighted by Gasteiger charge is -2.14. The molecule has 0 aliphatic rings. The smallest absolute Gasteiger partial charge is 0.335 e. The van der Waals surface area contributed by atoms with Crippen LogP contribution in [0.1, 0.15) is 17.3 Å². The molecule has 0 aliphatic carbocycles. The minimum atomic E-state index is -3.69. The van der Waals surface area contributed by atoms with Crippen molar-refractivity contribution >= 4 is 16.0 Å². The predicted octanol–water partition coefficient (Wildman–Crippen LogP) is 0.948. The number of nitrogens with zero attached hydrogens (tertiary/aromatic N) is 2. The van der Waals surface area contributed by atoms with Crippen LogP contribution in [0.15, 0.2) is 47.6 Å². The van der Waals surface area contributed by atoms with Crippen molar-refractivity contribution in [3.8, 4) is 0 Å². The van der Waals surface area contributed by atoms with E-state index in [1.807, 2.05) is 0 Å². The SMILES string of the molecule is CC(Cn1cccn1)NS(=O)(=O)c1ccc(C(=O)O)cc1. The lowest BCUT2D eigenvalue weighted by Crippen LogP contribution is -2.35. The summed E-state index contributed by atoms with van der Waals surface area (Å²) in [4.78, 5) is 10.8. The van der Waals surface area contributed by atoms with Crippen LogP contribution in [0.5, 0.6) is 0 Å². The Balaban J connectivity index is 2.08. The van der Waals surface area contributed by atoms with Crippen LogP contribution in [0.4, 0.5) is 0 Å². The van der Waals surface area contributed by atoms with Gasteiger partial charge in [-0.3, -0.25) is 4.68 Å². The van der Waals surface area contributed by atoms with Crippen molar-refractivity contribution in [2.24, 2.45) is 0 Å². The molecule has 7 nitrogen and oxygen atoms in total. The molecule has 0 amide bonds. The number of sulfonamides is 1. The second kappa shape index (κ2) is 6.06. The first-order valence-corrected chi connectivity index (χ1v) is 7.70. The minimum absolute atomic E-state index is 0.0276. The average molecular weight is 309 g/mol. The van der Waals surface area contributed by atoms with Crippen LogP contribution in [0, 0.1) is 0 Å². The van der Waals surface area contributed by atoms with Gasteiger partial charge in [-0.1, -0.05) is 0 Å². The normalized spacial score (nSPS) is 13.0. The fraction of sp³-hybridized carbons (Fsp3) is 0.231. The van der Waals surface area contributed by atoms with Crippen molar-refractivity contribution in [3.63, 3.8) is 0 Å². The molecular formula is C13H15N3O4S. The van der Waals surface area contributed by atoms with E-state index in [0.717, 1.165) is 0 Å². The number of nitrogens with one attached hydrogen (secondary N) is 1. The van der Waals surface area contributed by atoms with E-state index in [-0.39, 0.29) is 16.5 Å². The molecule has 0 radical (unpaired) electrons. The Kier molecular flexibility index (Phi) is 4.39. The molecule has 2 N–H and O–H groups in total. The Morgan fingerprint density at radius 2 is 2.05 bits per heavy atom. The van der Waals surface area contributed by atoms with Crippen LogP contribution in [0.25, 0.3) is 0 Å². The fourth-order valence-corrected chi connectivity index (χ4v) is 3.07. The summed E-state index contributed by atoms with van der Waals surface area (Å²) in [6.07, 6.45) is 3.36. The summed E-state index contributed by atoms with van der Waals surface area (Å²) in [5.41, 5.74) is 0.0403. The van der Waals surface area contributed by atoms with Crippen molar-refractivity contribution in [1.82, 2.24) is 14.5 Å². The van der Waals surface area contributed by atoms with E-state index < -0.39 is 16.0 Å². The third-order valence-electron chi connectivity index (χ3n) is 2.79. The fourth-order valence-electron chi connectivity index (χ4n) is 1.84. The molecule has 1 heterocycles. The largest absolute Gasteiger partial charge is 0.478 e. The van der Waals surface area contributed by atoms with E-state index in [1.165, 1.54) is 24.3 Å². The average Bonchev–Trinajstić information content (AvgIpc) is 2.90. The third kappa shape index (κ3) is 3.89. The van der Waals surface area contributed by atoms with Gasteiger partial charge in [-0.15, -0.1) is 0 Å². The summed E-state index contributed by atoms with van der Waals surface area (Å²) in [5, 5.41) is 12.8. The summed E-state index contributed by atoms with van der Waals surface area (Å²) < 4.78 is 28.5. The monoisotopic (exact) mass is 309 g/mol. The van der Waals surface area contributed by atoms with Gasteiger partial charge in [0, 0.05) is 18.4 Å². The predicted molar refractivity (Wildman–Crippen MR) is 75.4 cm³/mol. The van der Waals surface area contributed by atoms with Crippen LogP contribution in [-0.2, 0) is 16.6 Å². The number of aromatic nitrogens is 2. The van der Waals surface area contributed by atoms with Gasteiger partial charge in [0.2, 0.25) is 10.0 Å². The van der Waals surface area contributed by atoms with Crippen LogP contribution >= 0.6 is 0 Å². The van der Waals surface area contributed by atoms with Crippen molar-refractivity contribution in [1.29, 1.82) is 0 Å². The number of carboxylic acids is 1. The molecule has 0 bridgehead atoms. The molecule has 2 aromatic rings. The molecule has 0 aliphatic heterocycles. The van der Waals surface area contributed by atoms with Gasteiger partial charge >= 0.3 is 5.97 Å². The van der Waals surface area contributed by atoms with Gasteiger partial charge in [-0.2, -0.15) is 5.10 Å². The highest BCUT2D eigenvalue weighted by Crippen LogP contribution is 2.11. The molecule has 2 rings (SSSR count). The van der Waals surface area contributed by atoms with Crippen molar-refractivity contribution in [2.45, 2.75) is 24.4 Å². The lowest BCUT2D eigenvalue weighted by atomic mass is 10.2. The van der Waals surface area contributed by atoms with Gasteiger partial charge in [-0.05, 0) is 37.3 Å². The van der Waals surface area contributed by atoms with Crippen molar-refractivity contribution in [2.75, 3.05) is 0 Å². The van der Waals surface area contributed by atoms with Crippen LogP contribution in [0.2, 0.25) is 0 Å². The highest BCUT2D eigenvalue weighted by molar-refractivity contribution is 7.89. The Hall–Kier alpha value is -2.19. The Morgan fingerprint density at radius 1 is 1.38 bits per heavy atom. The van der Waals surface area contributed by atoms with Gasteiger partial charge in [0.1, 0.15) is 0 Å². The molecule has 0 spiro atoms. The Morgan fingerprint density at radius 3 is 2.57 bits per heavy atom. The van der Waals surface area contributed by atoms with Gasteiger partial charge < -0.3 is 5.11 Å². The van der Waals surface area contributed by atoms with Crippen LogP contribution in [0.3, 0.4) is 0 Å². The number of aromatic carboxylic acids is 1. The molecule has 1 unspecified atom stereocenters. The molecule has 112 valence electrons. The zero-order valence-electron chi connectivity index (χ0n) is 11.3. The minimum Gasteiger partial charge on any atom is -0.478 e. The summed E-state index contributed by atoms with van der Waals surface area (Å²) in [6, 6.07) is 6.46. The van der Waals surface area contributed by atoms with E-state index >= 15 is 0 Å². The van der Waals surface area contributed by atoms with E-state index in [0.29, 0.717) is 6.54 Å². The Bertz CT molecular complexity index is 708. The number of benzene rings is 1. The maximum absolute atomic E-state index is 12.2. The number of hydrogen-bond acceptors (Lipinski definition) is 4. The van der Waals surface area contributed by atoms with Gasteiger partial charge in [0.25, 0.3) is 0 Å². The van der Waals surface area contributed by atoms with E-state index in [4.69, 9.17) is 5.11 Å². The summed E-state index contributed by atoms with van der Waals surface area (Å²) in [5.74, 6) is -1.10. The summed E-state index contributed by atoms with van der Waals surface area (Å²) in [6.45, 7) is 2.13. The molecule has 0 saturated carbocycles. The maximum Gasteiger partial charge on any atom is 0.335 e. The highest BCUT2D eigenvalue weighted by atomic mass is 32.2. The van der Waals surface area contributed by atoms with Crippen molar-refractivity contribution < 1.29 is 18.3 Å². The second-order valence-corrected chi connectivity index (χ2v) is 6.29. The third-order valence-corrected chi connectivity index (χ3v) is 4.39. The lowest BCUT2D eigenvalue weighted by molar-refractivity contribution is 0.0696. The number of carbonyl (C=O) groups is 1. The van der Waals surface area contributed by atoms with E-state index in [2.05, 4.69) is 9.82 Å². The number of carboxylic acid groups (broad SMARTS) is 1. The zero-order valence-corrected chi connectivity index (χ0v) is 12.1. The number of rotatable bonds is 6. The quantitative estimate of drug-likeness (QED) is 0.827. The van der Waals surface area contributed by atoms with E-state index in [1.54, 1.807) is 30.1 Å². The van der Waals surface area contributed by atoms with Crippen LogP contribution < -0.4 is 4.72 Å². The molecule has 0 fully saturated rings. The number of hydrogen-bond donors (Lipinski definition) is 2. The molecule has 21 heavy (non-hydrogen) atoms. The van der Waals surface area contributed by atoms with Gasteiger partial charge in [-0.25, -0.2) is 17.9 Å². The molecule has 0 saturated heterocycles. The van der Waals surface area contributed by atoms with Crippen LogP contribution in [-0.4, -0.2) is 35.3 Å². The zero-order chi connectivity index (χ0) is 15.5. The molecular weight excluding hydrogens is 294 g/mol. The first kappa shape index (κ1) is 15.2. The molecule has 1 aromatic heterocycles. The second-order valence-electron chi connectivity index (χ2n) is 4.58. The molecule has 1 aromatic carbocycles. The maximum atomic E-state index is 12.2. The molecule has 8 heteroatoms. The first-order valence-electron chi connectivity index (χ1n) is 6.21. The summed E-state index contributed by atoms with van der Waals surface area (Å²) in [7, 11) is -3.69. The Labute approximate surface area is 122 Å². The van der Waals surface area contributed by atoms with Gasteiger partial charge in [0.05, 0.1) is 17.0 Å². The summed E-state index contributed by atoms with van der Waals surface area (Å²) >= 11 is 0. The van der Waals surface area contributed by atoms with E-state index in [9.17, 15) is 13.2 Å². The first-order chi connectivity index (χ1) is 9.88. The topological polar surface area (TPSA) is 101 Å². The van der Waals surface area contributed by atoms with Crippen molar-refractivity contribution in [3.05, 3.63) is 48.3 Å².